The largest absolute Gasteiger partial charge is 0.465 e. The molecule has 96 valence electrons. The highest BCUT2D eigenvalue weighted by atomic mass is 32.3. The van der Waals surface area contributed by atoms with Crippen LogP contribution in [-0.2, 0) is 23.7 Å². The molecule has 5 nitrogen and oxygen atoms in total. The number of ether oxygens (including phenoxy) is 1. The average molecular weight is 292 g/mol. The van der Waals surface area contributed by atoms with Crippen molar-refractivity contribution >= 4 is 38.5 Å². The van der Waals surface area contributed by atoms with E-state index < -0.39 is 31.4 Å². The zero-order valence-electron chi connectivity index (χ0n) is 8.84. The van der Waals surface area contributed by atoms with Gasteiger partial charge in [-0.25, -0.2) is 4.79 Å². The lowest BCUT2D eigenvalue weighted by molar-refractivity contribution is -0.140. The minimum atomic E-state index is -5.03. The van der Waals surface area contributed by atoms with Gasteiger partial charge in [0.05, 0.1) is 6.61 Å². The molecule has 1 aliphatic heterocycles. The lowest BCUT2D eigenvalue weighted by atomic mass is 10.7. The smallest absolute Gasteiger partial charge is 0.447 e. The summed E-state index contributed by atoms with van der Waals surface area (Å²) in [5, 5.41) is 0. The SMILES string of the molecule is CCOC(=O)C1SCCS1(C)OS(=O)(=O)F. The fourth-order valence-electron chi connectivity index (χ4n) is 1.31. The summed E-state index contributed by atoms with van der Waals surface area (Å²) in [5.74, 6) is 0.390. The van der Waals surface area contributed by atoms with Crippen LogP contribution in [0.1, 0.15) is 6.92 Å². The molecule has 1 heterocycles. The molecule has 1 fully saturated rings. The molecule has 0 N–H and O–H groups in total. The summed E-state index contributed by atoms with van der Waals surface area (Å²) in [6.07, 6.45) is 1.48. The molecule has 0 amide bonds. The first-order valence-corrected chi connectivity index (χ1v) is 9.03. The van der Waals surface area contributed by atoms with Crippen molar-refractivity contribution in [1.82, 2.24) is 0 Å². The quantitative estimate of drug-likeness (QED) is 0.573. The van der Waals surface area contributed by atoms with Crippen LogP contribution in [0.4, 0.5) is 3.89 Å². The van der Waals surface area contributed by atoms with Crippen molar-refractivity contribution in [2.75, 3.05) is 24.4 Å². The summed E-state index contributed by atoms with van der Waals surface area (Å²) in [6, 6.07) is 0. The van der Waals surface area contributed by atoms with Crippen molar-refractivity contribution in [1.29, 1.82) is 0 Å². The minimum absolute atomic E-state index is 0.202. The van der Waals surface area contributed by atoms with E-state index in [0.717, 1.165) is 0 Å². The maximum Gasteiger partial charge on any atom is 0.447 e. The van der Waals surface area contributed by atoms with Crippen LogP contribution < -0.4 is 0 Å². The van der Waals surface area contributed by atoms with Crippen molar-refractivity contribution in [3.05, 3.63) is 0 Å². The minimum Gasteiger partial charge on any atom is -0.465 e. The summed E-state index contributed by atoms with van der Waals surface area (Å²) in [6.45, 7) is 1.85. The Morgan fingerprint density at radius 2 is 2.25 bits per heavy atom. The van der Waals surface area contributed by atoms with Gasteiger partial charge in [-0.05, 0) is 13.2 Å². The monoisotopic (exact) mass is 292 g/mol. The van der Waals surface area contributed by atoms with Crippen molar-refractivity contribution in [2.45, 2.75) is 11.5 Å². The number of hydrogen-bond donors (Lipinski definition) is 0. The molecule has 0 aromatic heterocycles. The summed E-state index contributed by atoms with van der Waals surface area (Å²) in [4.78, 5) is 11.5. The molecule has 0 saturated carbocycles. The van der Waals surface area contributed by atoms with Crippen LogP contribution in [0.5, 0.6) is 0 Å². The highest BCUT2D eigenvalue weighted by molar-refractivity contribution is 8.41. The van der Waals surface area contributed by atoms with Gasteiger partial charge >= 0.3 is 16.5 Å². The Kier molecular flexibility index (Phi) is 4.49. The van der Waals surface area contributed by atoms with E-state index in [2.05, 4.69) is 3.63 Å². The fraction of sp³-hybridized carbons (Fsp3) is 0.857. The van der Waals surface area contributed by atoms with E-state index in [-0.39, 0.29) is 6.61 Å². The van der Waals surface area contributed by atoms with Gasteiger partial charge in [0, 0.05) is 11.5 Å². The molecule has 1 aliphatic rings. The predicted molar refractivity (Wildman–Crippen MR) is 62.4 cm³/mol. The standard InChI is InChI=1S/C7H13FO5S3/c1-3-12-6(9)7-14-4-5-15(7,2)13-16(8,10)11/h7H,3-5H2,1-2H3. The van der Waals surface area contributed by atoms with Crippen molar-refractivity contribution < 1.29 is 25.5 Å². The van der Waals surface area contributed by atoms with Crippen LogP contribution in [-0.4, -0.2) is 43.3 Å². The topological polar surface area (TPSA) is 69.7 Å². The van der Waals surface area contributed by atoms with Crippen LogP contribution >= 0.6 is 22.1 Å². The third-order valence-corrected chi connectivity index (χ3v) is 8.76. The molecule has 2 unspecified atom stereocenters. The molecule has 0 aliphatic carbocycles. The summed E-state index contributed by atoms with van der Waals surface area (Å²) in [5.41, 5.74) is 0. The Labute approximate surface area is 100.0 Å². The number of carbonyl (C=O) groups is 1. The maximum atomic E-state index is 12.5. The summed E-state index contributed by atoms with van der Waals surface area (Å²) < 4.78 is 42.0. The number of rotatable bonds is 4. The Morgan fingerprint density at radius 1 is 1.62 bits per heavy atom. The molecule has 0 aromatic carbocycles. The Bertz CT molecular complexity index is 370. The first-order valence-electron chi connectivity index (χ1n) is 4.47. The van der Waals surface area contributed by atoms with Crippen LogP contribution in [0.15, 0.2) is 0 Å². The van der Waals surface area contributed by atoms with Gasteiger partial charge in [0.25, 0.3) is 0 Å². The number of thioether (sulfide) groups is 1. The van der Waals surface area contributed by atoms with Gasteiger partial charge in [-0.15, -0.1) is 11.8 Å². The molecule has 0 spiro atoms. The van der Waals surface area contributed by atoms with Crippen molar-refractivity contribution in [2.24, 2.45) is 0 Å². The van der Waals surface area contributed by atoms with Gasteiger partial charge in [0.2, 0.25) is 0 Å². The van der Waals surface area contributed by atoms with Gasteiger partial charge < -0.3 is 4.74 Å². The third-order valence-electron chi connectivity index (χ3n) is 1.93. The highest BCUT2D eigenvalue weighted by Gasteiger charge is 2.45. The van der Waals surface area contributed by atoms with E-state index in [9.17, 15) is 17.1 Å². The second-order valence-corrected chi connectivity index (χ2v) is 9.06. The molecule has 2 atom stereocenters. The molecule has 9 heteroatoms. The molecule has 1 rings (SSSR count). The average Bonchev–Trinajstić information content (AvgIpc) is 2.43. The summed E-state index contributed by atoms with van der Waals surface area (Å²) >= 11 is 1.24. The first kappa shape index (κ1) is 14.1. The first-order chi connectivity index (χ1) is 7.28. The van der Waals surface area contributed by atoms with Crippen LogP contribution in [0.3, 0.4) is 0 Å². The molecule has 16 heavy (non-hydrogen) atoms. The zero-order chi connectivity index (χ0) is 12.4. The maximum absolute atomic E-state index is 12.5. The third kappa shape index (κ3) is 3.51. The lowest BCUT2D eigenvalue weighted by Crippen LogP contribution is -2.26. The number of hydrogen-bond acceptors (Lipinski definition) is 6. The van der Waals surface area contributed by atoms with Crippen LogP contribution in [0.25, 0.3) is 0 Å². The second kappa shape index (κ2) is 5.11. The summed E-state index contributed by atoms with van der Waals surface area (Å²) in [7, 11) is -7.33. The Balaban J connectivity index is 2.81. The van der Waals surface area contributed by atoms with Gasteiger partial charge in [-0.1, -0.05) is 14.2 Å². The van der Waals surface area contributed by atoms with E-state index in [1.165, 1.54) is 18.0 Å². The normalized spacial score (nSPS) is 34.3. The lowest BCUT2D eigenvalue weighted by Gasteiger charge is -2.31. The van der Waals surface area contributed by atoms with Gasteiger partial charge in [0.15, 0.2) is 4.58 Å². The molecule has 1 saturated heterocycles. The number of esters is 1. The molecule has 0 aromatic rings. The zero-order valence-corrected chi connectivity index (χ0v) is 11.3. The molecule has 0 bridgehead atoms. The Hall–Kier alpha value is 0.01000. The van der Waals surface area contributed by atoms with Gasteiger partial charge in [0.1, 0.15) is 0 Å². The van der Waals surface area contributed by atoms with Gasteiger partial charge in [-0.2, -0.15) is 12.0 Å². The molecular weight excluding hydrogens is 279 g/mol. The Morgan fingerprint density at radius 3 is 2.75 bits per heavy atom. The highest BCUT2D eigenvalue weighted by Crippen LogP contribution is 2.61. The van der Waals surface area contributed by atoms with E-state index >= 15 is 0 Å². The van der Waals surface area contributed by atoms with E-state index in [0.29, 0.717) is 11.5 Å². The van der Waals surface area contributed by atoms with Crippen LogP contribution in [0.2, 0.25) is 0 Å². The fourth-order valence-corrected chi connectivity index (χ4v) is 8.19. The van der Waals surface area contributed by atoms with Crippen molar-refractivity contribution in [3.8, 4) is 0 Å². The second-order valence-electron chi connectivity index (χ2n) is 3.19. The van der Waals surface area contributed by atoms with Crippen LogP contribution in [0, 0.1) is 0 Å². The number of carbonyl (C=O) groups excluding carboxylic acids is 1. The van der Waals surface area contributed by atoms with E-state index in [4.69, 9.17) is 4.74 Å². The molecular formula is C7H13FO5S3. The molecule has 0 radical (unpaired) electrons. The van der Waals surface area contributed by atoms with Gasteiger partial charge in [-0.3, -0.25) is 0 Å². The van der Waals surface area contributed by atoms with Crippen molar-refractivity contribution in [3.63, 3.8) is 0 Å². The van der Waals surface area contributed by atoms with E-state index in [1.54, 1.807) is 6.92 Å². The van der Waals surface area contributed by atoms with E-state index in [1.807, 2.05) is 0 Å². The number of halogens is 1. The predicted octanol–water partition coefficient (Wildman–Crippen LogP) is 1.20.